The lowest BCUT2D eigenvalue weighted by atomic mass is 9.77. The molecule has 2 aliphatic heterocycles. The number of aromatic nitrogens is 1. The molecule has 4 atom stereocenters. The van der Waals surface area contributed by atoms with E-state index in [0.717, 1.165) is 47.0 Å². The lowest BCUT2D eigenvalue weighted by Crippen LogP contribution is -2.47. The number of hydrogen-bond donors (Lipinski definition) is 3. The van der Waals surface area contributed by atoms with E-state index in [2.05, 4.69) is 16.0 Å². The number of likely N-dealkylation sites (tertiary alicyclic amines) is 1. The molecule has 3 heterocycles. The van der Waals surface area contributed by atoms with E-state index < -0.39 is 23.2 Å². The van der Waals surface area contributed by atoms with Crippen LogP contribution in [0.5, 0.6) is 5.75 Å². The molecule has 4 aliphatic rings. The average Bonchev–Trinajstić information content (AvgIpc) is 3.71. The molecule has 3 unspecified atom stereocenters. The van der Waals surface area contributed by atoms with Gasteiger partial charge in [0, 0.05) is 64.9 Å². The Bertz CT molecular complexity index is 1690. The molecular formula is C35H43N5O5. The number of benzene rings is 2. The first-order valence-corrected chi connectivity index (χ1v) is 16.2. The summed E-state index contributed by atoms with van der Waals surface area (Å²) in [5.41, 5.74) is 18.3. The summed E-state index contributed by atoms with van der Waals surface area (Å²) < 4.78 is 14.2. The maximum atomic E-state index is 13.9. The topological polar surface area (TPSA) is 142 Å². The third kappa shape index (κ3) is 5.37. The molecule has 7 rings (SSSR count). The first-order valence-electron chi connectivity index (χ1n) is 16.2. The van der Waals surface area contributed by atoms with Gasteiger partial charge in [-0.3, -0.25) is 9.59 Å². The highest BCUT2D eigenvalue weighted by atomic mass is 16.6. The van der Waals surface area contributed by atoms with Gasteiger partial charge >= 0.3 is 6.09 Å². The van der Waals surface area contributed by atoms with Gasteiger partial charge in [-0.25, -0.2) is 4.79 Å². The SMILES string of the molecule is CC(C)(C)NC(=O)O[C@@H]1CCCN(C(=O)c2cc3c4c(c2)C(N)C(c2cc5ccc(C=O)cc5n2CC2CC2)C4(N)CCO3)C1. The number of aldehydes is 1. The van der Waals surface area contributed by atoms with E-state index in [9.17, 15) is 14.4 Å². The second-order valence-corrected chi connectivity index (χ2v) is 14.4. The Hall–Kier alpha value is -3.89. The van der Waals surface area contributed by atoms with Crippen molar-refractivity contribution in [2.45, 2.75) is 88.6 Å². The number of nitrogens with two attached hydrogens (primary N) is 2. The van der Waals surface area contributed by atoms with Crippen LogP contribution in [-0.2, 0) is 16.8 Å². The lowest BCUT2D eigenvalue weighted by molar-refractivity contribution is 0.0322. The van der Waals surface area contributed by atoms with E-state index in [4.69, 9.17) is 20.9 Å². The number of ether oxygens (including phenoxy) is 2. The molecule has 5 N–H and O–H groups in total. The van der Waals surface area contributed by atoms with Crippen molar-refractivity contribution in [3.63, 3.8) is 0 Å². The van der Waals surface area contributed by atoms with Crippen LogP contribution in [0.25, 0.3) is 10.9 Å². The number of fused-ring (bicyclic) bond motifs is 1. The number of nitrogens with one attached hydrogen (secondary N) is 1. The number of amides is 2. The van der Waals surface area contributed by atoms with Gasteiger partial charge in [0.25, 0.3) is 5.91 Å². The second-order valence-electron chi connectivity index (χ2n) is 14.4. The minimum atomic E-state index is -0.766. The predicted octanol–water partition coefficient (Wildman–Crippen LogP) is 4.73. The molecule has 1 aromatic heterocycles. The van der Waals surface area contributed by atoms with E-state index in [1.807, 2.05) is 51.1 Å². The molecule has 10 nitrogen and oxygen atoms in total. The van der Waals surface area contributed by atoms with Crippen molar-refractivity contribution < 1.29 is 23.9 Å². The standard InChI is InChI=1S/C35H43N5O5/c1-34(2,3)38-33(43)45-24-5-4-11-39(18-24)32(42)23-14-25-29-28(16-23)44-12-10-35(29,37)30(31(25)36)27-15-22-9-8-21(19-41)13-26(22)40(27)17-20-6-7-20/h8-9,13-16,19-20,24,30-31H,4-7,10-12,17-18,36-37H2,1-3H3,(H,38,43)/t24-,30?,31?,35?/m1/s1. The Morgan fingerprint density at radius 3 is 2.69 bits per heavy atom. The van der Waals surface area contributed by atoms with Crippen molar-refractivity contribution in [1.29, 1.82) is 0 Å². The summed E-state index contributed by atoms with van der Waals surface area (Å²) in [6.07, 6.45) is 4.43. The summed E-state index contributed by atoms with van der Waals surface area (Å²) in [5.74, 6) is 0.833. The van der Waals surface area contributed by atoms with E-state index in [-0.39, 0.29) is 17.9 Å². The molecule has 10 heteroatoms. The van der Waals surface area contributed by atoms with E-state index in [0.29, 0.717) is 55.3 Å². The lowest BCUT2D eigenvalue weighted by Gasteiger charge is -2.38. The van der Waals surface area contributed by atoms with Crippen LogP contribution in [0.15, 0.2) is 36.4 Å². The summed E-state index contributed by atoms with van der Waals surface area (Å²) in [4.78, 5) is 39.8. The molecule has 0 bridgehead atoms. The van der Waals surface area contributed by atoms with Crippen LogP contribution in [-0.4, -0.2) is 59.1 Å². The zero-order chi connectivity index (χ0) is 31.7. The number of alkyl carbamates (subject to hydrolysis) is 1. The third-order valence-electron chi connectivity index (χ3n) is 9.86. The van der Waals surface area contributed by atoms with Gasteiger partial charge in [0.15, 0.2) is 0 Å². The molecule has 238 valence electrons. The van der Waals surface area contributed by atoms with Gasteiger partial charge in [0.05, 0.1) is 18.7 Å². The highest BCUT2D eigenvalue weighted by Crippen LogP contribution is 2.58. The fourth-order valence-electron chi connectivity index (χ4n) is 7.62. The van der Waals surface area contributed by atoms with Gasteiger partial charge in [-0.1, -0.05) is 12.1 Å². The Balaban J connectivity index is 1.21. The van der Waals surface area contributed by atoms with Crippen molar-refractivity contribution >= 4 is 29.2 Å². The van der Waals surface area contributed by atoms with E-state index in [1.54, 1.807) is 4.90 Å². The largest absolute Gasteiger partial charge is 0.493 e. The monoisotopic (exact) mass is 613 g/mol. The molecule has 0 spiro atoms. The van der Waals surface area contributed by atoms with Crippen molar-refractivity contribution in [2.24, 2.45) is 17.4 Å². The molecule has 1 saturated carbocycles. The van der Waals surface area contributed by atoms with Crippen molar-refractivity contribution in [3.05, 3.63) is 64.3 Å². The maximum absolute atomic E-state index is 13.9. The summed E-state index contributed by atoms with van der Waals surface area (Å²) in [7, 11) is 0. The first kappa shape index (κ1) is 29.8. The van der Waals surface area contributed by atoms with Crippen molar-refractivity contribution in [1.82, 2.24) is 14.8 Å². The van der Waals surface area contributed by atoms with Gasteiger partial charge in [-0.2, -0.15) is 0 Å². The number of carbonyl (C=O) groups excluding carboxylic acids is 3. The predicted molar refractivity (Wildman–Crippen MR) is 170 cm³/mol. The molecule has 1 saturated heterocycles. The van der Waals surface area contributed by atoms with Crippen LogP contribution in [0.2, 0.25) is 0 Å². The number of piperidine rings is 1. The number of rotatable bonds is 6. The number of nitrogens with zero attached hydrogens (tertiary/aromatic N) is 2. The zero-order valence-corrected chi connectivity index (χ0v) is 26.3. The van der Waals surface area contributed by atoms with Gasteiger partial charge in [0.2, 0.25) is 0 Å². The maximum Gasteiger partial charge on any atom is 0.407 e. The average molecular weight is 614 g/mol. The number of hydrogen-bond acceptors (Lipinski definition) is 7. The quantitative estimate of drug-likeness (QED) is 0.341. The fraction of sp³-hybridized carbons (Fsp3) is 0.514. The Labute approximate surface area is 263 Å². The summed E-state index contributed by atoms with van der Waals surface area (Å²) in [5, 5.41) is 3.89. The van der Waals surface area contributed by atoms with Crippen LogP contribution >= 0.6 is 0 Å². The summed E-state index contributed by atoms with van der Waals surface area (Å²) >= 11 is 0. The zero-order valence-electron chi connectivity index (χ0n) is 26.3. The molecule has 45 heavy (non-hydrogen) atoms. The summed E-state index contributed by atoms with van der Waals surface area (Å²) in [6.45, 7) is 7.87. The van der Waals surface area contributed by atoms with Crippen molar-refractivity contribution in [2.75, 3.05) is 19.7 Å². The molecular weight excluding hydrogens is 570 g/mol. The van der Waals surface area contributed by atoms with Crippen molar-refractivity contribution in [3.8, 4) is 5.75 Å². The summed E-state index contributed by atoms with van der Waals surface area (Å²) in [6, 6.07) is 11.2. The Morgan fingerprint density at radius 1 is 1.16 bits per heavy atom. The second kappa shape index (κ2) is 10.9. The van der Waals surface area contributed by atoms with Crippen LogP contribution < -0.4 is 21.5 Å². The van der Waals surface area contributed by atoms with Crippen LogP contribution in [0.3, 0.4) is 0 Å². The smallest absolute Gasteiger partial charge is 0.407 e. The molecule has 3 aromatic rings. The molecule has 2 fully saturated rings. The van der Waals surface area contributed by atoms with Gasteiger partial charge in [-0.05, 0) is 87.6 Å². The van der Waals surface area contributed by atoms with Gasteiger partial charge in [0.1, 0.15) is 18.1 Å². The minimum absolute atomic E-state index is 0.143. The van der Waals surface area contributed by atoms with Crippen LogP contribution in [0.4, 0.5) is 4.79 Å². The Morgan fingerprint density at radius 2 is 1.96 bits per heavy atom. The van der Waals surface area contributed by atoms with Crippen LogP contribution in [0.1, 0.15) is 102 Å². The van der Waals surface area contributed by atoms with Gasteiger partial charge < -0.3 is 35.7 Å². The molecule has 2 aliphatic carbocycles. The van der Waals surface area contributed by atoms with Crippen LogP contribution in [0, 0.1) is 5.92 Å². The molecule has 2 amide bonds. The van der Waals surface area contributed by atoms with Gasteiger partial charge in [-0.15, -0.1) is 0 Å². The highest BCUT2D eigenvalue weighted by Gasteiger charge is 2.54. The molecule has 2 aromatic carbocycles. The van der Waals surface area contributed by atoms with E-state index in [1.165, 1.54) is 12.8 Å². The molecule has 0 radical (unpaired) electrons. The third-order valence-corrected chi connectivity index (χ3v) is 9.86. The minimum Gasteiger partial charge on any atom is -0.493 e. The van der Waals surface area contributed by atoms with E-state index >= 15 is 0 Å². The number of carbonyl (C=O) groups is 3. The highest BCUT2D eigenvalue weighted by molar-refractivity contribution is 5.95. The Kier molecular flexibility index (Phi) is 7.20. The first-order chi connectivity index (χ1) is 21.4. The fourth-order valence-corrected chi connectivity index (χ4v) is 7.62. The normalized spacial score (nSPS) is 25.9.